The first-order valence-corrected chi connectivity index (χ1v) is 9.29. The fraction of sp³-hybridized carbons (Fsp3) is 0.895. The van der Waals surface area contributed by atoms with Crippen LogP contribution in [0.2, 0.25) is 0 Å². The van der Waals surface area contributed by atoms with Crippen LogP contribution in [0.4, 0.5) is 0 Å². The highest BCUT2D eigenvalue weighted by molar-refractivity contribution is 4.90. The first-order chi connectivity index (χ1) is 9.93. The third kappa shape index (κ3) is 10.5. The van der Waals surface area contributed by atoms with Gasteiger partial charge in [-0.05, 0) is 44.7 Å². The van der Waals surface area contributed by atoms with Crippen molar-refractivity contribution in [2.24, 2.45) is 5.92 Å². The van der Waals surface area contributed by atoms with Gasteiger partial charge in [0.05, 0.1) is 0 Å². The second-order valence-electron chi connectivity index (χ2n) is 6.54. The molecule has 0 bridgehead atoms. The van der Waals surface area contributed by atoms with E-state index in [1.807, 2.05) is 0 Å². The summed E-state index contributed by atoms with van der Waals surface area (Å²) in [6.45, 7) is 4.76. The van der Waals surface area contributed by atoms with Crippen LogP contribution >= 0.6 is 0 Å². The first-order valence-electron chi connectivity index (χ1n) is 9.29. The van der Waals surface area contributed by atoms with E-state index in [0.717, 1.165) is 5.92 Å². The fourth-order valence-electron chi connectivity index (χ4n) is 3.09. The predicted octanol–water partition coefficient (Wildman–Crippen LogP) is 5.85. The molecule has 1 atom stereocenters. The van der Waals surface area contributed by atoms with Gasteiger partial charge in [-0.25, -0.2) is 0 Å². The third-order valence-corrected chi connectivity index (χ3v) is 4.52. The van der Waals surface area contributed by atoms with E-state index >= 15 is 0 Å². The van der Waals surface area contributed by atoms with Crippen LogP contribution < -0.4 is 5.32 Å². The minimum Gasteiger partial charge on any atom is -0.316 e. The number of hydrogen-bond donors (Lipinski definition) is 1. The highest BCUT2D eigenvalue weighted by atomic mass is 14.8. The van der Waals surface area contributed by atoms with Crippen molar-refractivity contribution in [1.82, 2.24) is 5.32 Å². The summed E-state index contributed by atoms with van der Waals surface area (Å²) in [5, 5.41) is 3.65. The Bertz CT molecular complexity index is 222. The molecule has 1 nitrogen and oxygen atoms in total. The minimum atomic E-state index is 0.906. The second kappa shape index (κ2) is 13.7. The molecule has 1 aliphatic carbocycles. The number of allylic oxidation sites excluding steroid dienone is 2. The quantitative estimate of drug-likeness (QED) is 0.329. The van der Waals surface area contributed by atoms with E-state index in [1.54, 1.807) is 0 Å². The summed E-state index contributed by atoms with van der Waals surface area (Å²) in [6.07, 6.45) is 23.0. The second-order valence-corrected chi connectivity index (χ2v) is 6.54. The first kappa shape index (κ1) is 17.8. The summed E-state index contributed by atoms with van der Waals surface area (Å²) in [7, 11) is 0. The summed E-state index contributed by atoms with van der Waals surface area (Å²) in [6, 6.07) is 0. The molecular weight excluding hydrogens is 242 g/mol. The average molecular weight is 280 g/mol. The largest absolute Gasteiger partial charge is 0.316 e. The molecule has 1 unspecified atom stereocenters. The zero-order valence-electron chi connectivity index (χ0n) is 13.8. The number of hydrogen-bond acceptors (Lipinski definition) is 1. The molecule has 0 aromatic heterocycles. The Morgan fingerprint density at radius 1 is 0.850 bits per heavy atom. The molecule has 1 aliphatic rings. The van der Waals surface area contributed by atoms with Crippen LogP contribution in [0.25, 0.3) is 0 Å². The van der Waals surface area contributed by atoms with E-state index in [1.165, 1.54) is 96.6 Å². The molecule has 1 heteroatoms. The van der Waals surface area contributed by atoms with Gasteiger partial charge >= 0.3 is 0 Å². The van der Waals surface area contributed by atoms with Gasteiger partial charge in [0.25, 0.3) is 0 Å². The SMILES string of the molecule is CCCCCCCCCCCCNCC1CC=CCC1. The highest BCUT2D eigenvalue weighted by Crippen LogP contribution is 2.16. The van der Waals surface area contributed by atoms with E-state index in [9.17, 15) is 0 Å². The van der Waals surface area contributed by atoms with Gasteiger partial charge in [-0.1, -0.05) is 76.9 Å². The Kier molecular flexibility index (Phi) is 12.1. The molecule has 0 amide bonds. The molecule has 0 spiro atoms. The van der Waals surface area contributed by atoms with Crippen molar-refractivity contribution in [3.8, 4) is 0 Å². The molecule has 0 aromatic carbocycles. The molecule has 0 heterocycles. The maximum Gasteiger partial charge on any atom is -0.00174 e. The van der Waals surface area contributed by atoms with E-state index in [2.05, 4.69) is 24.4 Å². The summed E-state index contributed by atoms with van der Waals surface area (Å²) in [5.74, 6) is 0.906. The predicted molar refractivity (Wildman–Crippen MR) is 91.2 cm³/mol. The molecule has 0 aromatic rings. The number of rotatable bonds is 13. The van der Waals surface area contributed by atoms with Crippen LogP contribution in [0.15, 0.2) is 12.2 Å². The van der Waals surface area contributed by atoms with Crippen molar-refractivity contribution in [3.05, 3.63) is 12.2 Å². The summed E-state index contributed by atoms with van der Waals surface area (Å²) in [4.78, 5) is 0. The molecule has 0 aliphatic heterocycles. The highest BCUT2D eigenvalue weighted by Gasteiger charge is 2.08. The smallest absolute Gasteiger partial charge is 0.00174 e. The molecule has 0 saturated carbocycles. The standard InChI is InChI=1S/C19H37N/c1-2-3-4-5-6-7-8-9-10-14-17-20-18-19-15-12-11-13-16-19/h11-12,19-20H,2-10,13-18H2,1H3. The lowest BCUT2D eigenvalue weighted by Crippen LogP contribution is -2.24. The van der Waals surface area contributed by atoms with Crippen molar-refractivity contribution in [1.29, 1.82) is 0 Å². The lowest BCUT2D eigenvalue weighted by molar-refractivity contribution is 0.435. The van der Waals surface area contributed by atoms with E-state index < -0.39 is 0 Å². The van der Waals surface area contributed by atoms with Crippen molar-refractivity contribution in [2.45, 2.75) is 90.4 Å². The van der Waals surface area contributed by atoms with Crippen LogP contribution in [0.1, 0.15) is 90.4 Å². The van der Waals surface area contributed by atoms with Crippen molar-refractivity contribution in [3.63, 3.8) is 0 Å². The molecule has 0 radical (unpaired) electrons. The lowest BCUT2D eigenvalue weighted by Gasteiger charge is -2.18. The lowest BCUT2D eigenvalue weighted by atomic mass is 9.94. The van der Waals surface area contributed by atoms with Gasteiger partial charge in [-0.15, -0.1) is 0 Å². The zero-order chi connectivity index (χ0) is 14.3. The van der Waals surface area contributed by atoms with Crippen LogP contribution in [0, 0.1) is 5.92 Å². The molecule has 20 heavy (non-hydrogen) atoms. The monoisotopic (exact) mass is 279 g/mol. The Hall–Kier alpha value is -0.300. The van der Waals surface area contributed by atoms with Crippen molar-refractivity contribution >= 4 is 0 Å². The van der Waals surface area contributed by atoms with Crippen LogP contribution in [-0.4, -0.2) is 13.1 Å². The summed E-state index contributed by atoms with van der Waals surface area (Å²) in [5.41, 5.74) is 0. The number of unbranched alkanes of at least 4 members (excludes halogenated alkanes) is 9. The summed E-state index contributed by atoms with van der Waals surface area (Å²) >= 11 is 0. The molecule has 0 saturated heterocycles. The molecule has 0 fully saturated rings. The zero-order valence-corrected chi connectivity index (χ0v) is 13.8. The molecule has 1 rings (SSSR count). The fourth-order valence-corrected chi connectivity index (χ4v) is 3.09. The van der Waals surface area contributed by atoms with Crippen LogP contribution in [-0.2, 0) is 0 Å². The Morgan fingerprint density at radius 2 is 1.50 bits per heavy atom. The van der Waals surface area contributed by atoms with Gasteiger partial charge in [-0.3, -0.25) is 0 Å². The topological polar surface area (TPSA) is 12.0 Å². The minimum absolute atomic E-state index is 0.906. The Balaban J connectivity index is 1.71. The van der Waals surface area contributed by atoms with Gasteiger partial charge in [0.2, 0.25) is 0 Å². The maximum atomic E-state index is 3.65. The normalized spacial score (nSPS) is 18.6. The van der Waals surface area contributed by atoms with E-state index in [-0.39, 0.29) is 0 Å². The van der Waals surface area contributed by atoms with Gasteiger partial charge in [-0.2, -0.15) is 0 Å². The van der Waals surface area contributed by atoms with Crippen LogP contribution in [0.3, 0.4) is 0 Å². The van der Waals surface area contributed by atoms with Crippen LogP contribution in [0.5, 0.6) is 0 Å². The third-order valence-electron chi connectivity index (χ3n) is 4.52. The van der Waals surface area contributed by atoms with Gasteiger partial charge < -0.3 is 5.32 Å². The average Bonchev–Trinajstić information content (AvgIpc) is 2.49. The summed E-state index contributed by atoms with van der Waals surface area (Å²) < 4.78 is 0. The van der Waals surface area contributed by atoms with Gasteiger partial charge in [0.15, 0.2) is 0 Å². The maximum absolute atomic E-state index is 3.65. The van der Waals surface area contributed by atoms with Gasteiger partial charge in [0, 0.05) is 0 Å². The molecular formula is C19H37N. The van der Waals surface area contributed by atoms with E-state index in [0.29, 0.717) is 0 Å². The van der Waals surface area contributed by atoms with Gasteiger partial charge in [0.1, 0.15) is 0 Å². The van der Waals surface area contributed by atoms with Crippen molar-refractivity contribution in [2.75, 3.05) is 13.1 Å². The Morgan fingerprint density at radius 3 is 2.10 bits per heavy atom. The van der Waals surface area contributed by atoms with Crippen molar-refractivity contribution < 1.29 is 0 Å². The molecule has 118 valence electrons. The molecule has 1 N–H and O–H groups in total. The Labute approximate surface area is 127 Å². The number of nitrogens with one attached hydrogen (secondary N) is 1. The van der Waals surface area contributed by atoms with E-state index in [4.69, 9.17) is 0 Å².